The van der Waals surface area contributed by atoms with Gasteiger partial charge >= 0.3 is 0 Å². The van der Waals surface area contributed by atoms with Crippen LogP contribution in [0.5, 0.6) is 5.75 Å². The smallest absolute Gasteiger partial charge is 0.243 e. The van der Waals surface area contributed by atoms with Gasteiger partial charge in [0.05, 0.1) is 19.1 Å². The maximum Gasteiger partial charge on any atom is 0.243 e. The van der Waals surface area contributed by atoms with Crippen LogP contribution >= 0.6 is 0 Å². The van der Waals surface area contributed by atoms with Crippen molar-refractivity contribution in [3.63, 3.8) is 0 Å². The first-order valence-electron chi connectivity index (χ1n) is 12.3. The van der Waals surface area contributed by atoms with E-state index in [1.54, 1.807) is 18.2 Å². The average molecular weight is 554 g/mol. The molecule has 2 amide bonds. The number of halogens is 2. The van der Waals surface area contributed by atoms with Crippen LogP contribution in [-0.2, 0) is 26.2 Å². The fraction of sp³-hybridized carbons (Fsp3) is 0.481. The summed E-state index contributed by atoms with van der Waals surface area (Å²) in [4.78, 5) is 28.1. The Morgan fingerprint density at radius 3 is 2.32 bits per heavy atom. The van der Waals surface area contributed by atoms with Crippen molar-refractivity contribution >= 4 is 27.5 Å². The minimum Gasteiger partial charge on any atom is -0.497 e. The summed E-state index contributed by atoms with van der Waals surface area (Å²) in [6.07, 6.45) is 1.34. The van der Waals surface area contributed by atoms with Crippen molar-refractivity contribution in [1.82, 2.24) is 10.2 Å². The molecule has 2 rings (SSSR count). The molecular formula is C27H37F2N3O5S. The second-order valence-corrected chi connectivity index (χ2v) is 12.0. The Bertz CT molecular complexity index is 1230. The van der Waals surface area contributed by atoms with Gasteiger partial charge in [0.25, 0.3) is 0 Å². The Morgan fingerprint density at radius 2 is 1.76 bits per heavy atom. The standard InChI is InChI=1S/C27H37F2N3O5S/c1-7-24(26(34)30-27(2,3)4)31(18-19-10-8-11-21(16-19)37-5)25(33)12-9-15-32(38(6,35)36)20-13-14-22(28)23(29)17-20/h8,10-11,13-14,16-17,24H,7,9,12,15,18H2,1-6H3,(H,30,34)/t24-/m1/s1. The number of methoxy groups -OCH3 is 1. The van der Waals surface area contributed by atoms with Crippen molar-refractivity contribution < 1.29 is 31.5 Å². The fourth-order valence-electron chi connectivity index (χ4n) is 3.98. The maximum atomic E-state index is 13.8. The van der Waals surface area contributed by atoms with Gasteiger partial charge in [-0.2, -0.15) is 0 Å². The Hall–Kier alpha value is -3.21. The molecule has 0 saturated carbocycles. The van der Waals surface area contributed by atoms with Gasteiger partial charge in [0.1, 0.15) is 11.8 Å². The quantitative estimate of drug-likeness (QED) is 0.424. The number of carbonyl (C=O) groups is 2. The number of amides is 2. The highest BCUT2D eigenvalue weighted by molar-refractivity contribution is 7.92. The lowest BCUT2D eigenvalue weighted by molar-refractivity contribution is -0.142. The molecule has 0 aromatic heterocycles. The van der Waals surface area contributed by atoms with Crippen LogP contribution in [0, 0.1) is 11.6 Å². The summed E-state index contributed by atoms with van der Waals surface area (Å²) < 4.78 is 58.1. The molecule has 0 aliphatic heterocycles. The third-order valence-corrected chi connectivity index (χ3v) is 6.91. The summed E-state index contributed by atoms with van der Waals surface area (Å²) in [6, 6.07) is 9.23. The van der Waals surface area contributed by atoms with E-state index in [0.717, 1.165) is 28.3 Å². The highest BCUT2D eigenvalue weighted by Gasteiger charge is 2.31. The molecule has 0 heterocycles. The largest absolute Gasteiger partial charge is 0.497 e. The number of nitrogens with zero attached hydrogens (tertiary/aromatic N) is 2. The molecule has 0 spiro atoms. The number of sulfonamides is 1. The van der Waals surface area contributed by atoms with E-state index in [-0.39, 0.29) is 43.4 Å². The van der Waals surface area contributed by atoms with Gasteiger partial charge < -0.3 is 15.0 Å². The van der Waals surface area contributed by atoms with Crippen LogP contribution in [-0.4, -0.2) is 56.6 Å². The molecular weight excluding hydrogens is 516 g/mol. The van der Waals surface area contributed by atoms with Crippen LogP contribution < -0.4 is 14.4 Å². The van der Waals surface area contributed by atoms with Gasteiger partial charge in [-0.15, -0.1) is 0 Å². The highest BCUT2D eigenvalue weighted by Crippen LogP contribution is 2.22. The number of benzene rings is 2. The Kier molecular flexibility index (Phi) is 10.6. The number of anilines is 1. The summed E-state index contributed by atoms with van der Waals surface area (Å²) in [5.74, 6) is -2.30. The molecule has 2 aromatic carbocycles. The van der Waals surface area contributed by atoms with Gasteiger partial charge in [0.15, 0.2) is 11.6 Å². The predicted molar refractivity (Wildman–Crippen MR) is 143 cm³/mol. The molecule has 38 heavy (non-hydrogen) atoms. The van der Waals surface area contributed by atoms with Crippen LogP contribution in [0.2, 0.25) is 0 Å². The van der Waals surface area contributed by atoms with E-state index in [2.05, 4.69) is 5.32 Å². The second-order valence-electron chi connectivity index (χ2n) is 10.1. The highest BCUT2D eigenvalue weighted by atomic mass is 32.2. The minimum absolute atomic E-state index is 0.0388. The summed E-state index contributed by atoms with van der Waals surface area (Å²) in [6.45, 7) is 7.38. The monoisotopic (exact) mass is 553 g/mol. The van der Waals surface area contributed by atoms with Crippen molar-refractivity contribution in [3.05, 3.63) is 59.7 Å². The number of carbonyl (C=O) groups excluding carboxylic acids is 2. The Morgan fingerprint density at radius 1 is 1.08 bits per heavy atom. The third-order valence-electron chi connectivity index (χ3n) is 5.71. The Labute approximate surface area is 224 Å². The number of hydrogen-bond acceptors (Lipinski definition) is 5. The predicted octanol–water partition coefficient (Wildman–Crippen LogP) is 4.24. The van der Waals surface area contributed by atoms with Crippen LogP contribution in [0.4, 0.5) is 14.5 Å². The first-order valence-corrected chi connectivity index (χ1v) is 14.2. The van der Waals surface area contributed by atoms with Crippen LogP contribution in [0.3, 0.4) is 0 Å². The van der Waals surface area contributed by atoms with Crippen LogP contribution in [0.1, 0.15) is 52.5 Å². The Balaban J connectivity index is 2.28. The SMILES string of the molecule is CC[C@H](C(=O)NC(C)(C)C)N(Cc1cccc(OC)c1)C(=O)CCCN(c1ccc(F)c(F)c1)S(C)(=O)=O. The molecule has 1 atom stereocenters. The summed E-state index contributed by atoms with van der Waals surface area (Å²) in [5.41, 5.74) is 0.220. The molecule has 0 fully saturated rings. The number of rotatable bonds is 12. The van der Waals surface area contributed by atoms with Crippen molar-refractivity contribution in [2.75, 3.05) is 24.2 Å². The molecule has 11 heteroatoms. The van der Waals surface area contributed by atoms with Gasteiger partial charge in [0, 0.05) is 31.1 Å². The van der Waals surface area contributed by atoms with E-state index in [0.29, 0.717) is 12.2 Å². The lowest BCUT2D eigenvalue weighted by Gasteiger charge is -2.33. The van der Waals surface area contributed by atoms with Gasteiger partial charge in [-0.05, 0) is 63.4 Å². The molecule has 0 radical (unpaired) electrons. The molecule has 1 N–H and O–H groups in total. The summed E-state index contributed by atoms with van der Waals surface area (Å²) in [7, 11) is -2.30. The van der Waals surface area contributed by atoms with Crippen LogP contribution in [0.25, 0.3) is 0 Å². The molecule has 0 saturated heterocycles. The van der Waals surface area contributed by atoms with E-state index in [9.17, 15) is 26.8 Å². The minimum atomic E-state index is -3.84. The second kappa shape index (κ2) is 13.0. The molecule has 2 aromatic rings. The number of hydrogen-bond donors (Lipinski definition) is 1. The van der Waals surface area contributed by atoms with E-state index < -0.39 is 33.2 Å². The maximum absolute atomic E-state index is 13.8. The first kappa shape index (κ1) is 31.0. The topological polar surface area (TPSA) is 96.0 Å². The van der Waals surface area contributed by atoms with Crippen molar-refractivity contribution in [2.45, 2.75) is 65.1 Å². The van der Waals surface area contributed by atoms with Crippen molar-refractivity contribution in [3.8, 4) is 5.75 Å². The lowest BCUT2D eigenvalue weighted by atomic mass is 10.0. The van der Waals surface area contributed by atoms with Gasteiger partial charge in [-0.1, -0.05) is 19.1 Å². The summed E-state index contributed by atoms with van der Waals surface area (Å²) in [5, 5.41) is 2.93. The third kappa shape index (κ3) is 8.97. The number of nitrogens with one attached hydrogen (secondary N) is 1. The summed E-state index contributed by atoms with van der Waals surface area (Å²) >= 11 is 0. The van der Waals surface area contributed by atoms with Crippen LogP contribution in [0.15, 0.2) is 42.5 Å². The fourth-order valence-corrected chi connectivity index (χ4v) is 4.94. The average Bonchev–Trinajstić information content (AvgIpc) is 2.81. The number of ether oxygens (including phenoxy) is 1. The van der Waals surface area contributed by atoms with E-state index in [1.807, 2.05) is 33.8 Å². The van der Waals surface area contributed by atoms with E-state index in [1.165, 1.54) is 18.1 Å². The van der Waals surface area contributed by atoms with E-state index >= 15 is 0 Å². The molecule has 8 nitrogen and oxygen atoms in total. The zero-order chi connectivity index (χ0) is 28.7. The zero-order valence-corrected chi connectivity index (χ0v) is 23.6. The van der Waals surface area contributed by atoms with Gasteiger partial charge in [-0.25, -0.2) is 17.2 Å². The lowest BCUT2D eigenvalue weighted by Crippen LogP contribution is -2.53. The molecule has 0 bridgehead atoms. The molecule has 0 aliphatic carbocycles. The van der Waals surface area contributed by atoms with Gasteiger partial charge in [0.2, 0.25) is 21.8 Å². The molecule has 0 aliphatic rings. The molecule has 0 unspecified atom stereocenters. The van der Waals surface area contributed by atoms with Crippen molar-refractivity contribution in [2.24, 2.45) is 0 Å². The normalized spacial score (nSPS) is 12.5. The van der Waals surface area contributed by atoms with Gasteiger partial charge in [-0.3, -0.25) is 13.9 Å². The first-order chi connectivity index (χ1) is 17.7. The zero-order valence-electron chi connectivity index (χ0n) is 22.8. The van der Waals surface area contributed by atoms with Crippen molar-refractivity contribution in [1.29, 1.82) is 0 Å². The van der Waals surface area contributed by atoms with E-state index in [4.69, 9.17) is 4.74 Å². The molecule has 210 valence electrons.